The van der Waals surface area contributed by atoms with Gasteiger partial charge >= 0.3 is 6.18 Å². The molecule has 0 spiro atoms. The van der Waals surface area contributed by atoms with E-state index in [0.29, 0.717) is 5.56 Å². The van der Waals surface area contributed by atoms with Crippen LogP contribution in [0.25, 0.3) is 11.3 Å². The Hall–Kier alpha value is -2.18. The molecule has 0 fully saturated rings. The lowest BCUT2D eigenvalue weighted by molar-refractivity contribution is -0.144. The minimum Gasteiger partial charge on any atom is -0.384 e. The Bertz CT molecular complexity index is 581. The van der Waals surface area contributed by atoms with E-state index in [4.69, 9.17) is 5.73 Å². The summed E-state index contributed by atoms with van der Waals surface area (Å²) in [5.41, 5.74) is 6.74. The molecule has 2 heterocycles. The summed E-state index contributed by atoms with van der Waals surface area (Å²) in [6.45, 7) is 1.75. The standard InChI is InChI=1S/C11H9F3N4/c1-6-2-3-16-5-7(6)8-4-9(15)18-10(17-8)11(12,13)14/h2-5H,1H3,(H2,15,17,18). The van der Waals surface area contributed by atoms with Gasteiger partial charge in [0.1, 0.15) is 5.82 Å². The molecule has 2 N–H and O–H groups in total. The highest BCUT2D eigenvalue weighted by atomic mass is 19.4. The van der Waals surface area contributed by atoms with Gasteiger partial charge in [-0.2, -0.15) is 13.2 Å². The number of rotatable bonds is 1. The highest BCUT2D eigenvalue weighted by Gasteiger charge is 2.35. The van der Waals surface area contributed by atoms with E-state index in [1.165, 1.54) is 12.3 Å². The fraction of sp³-hybridized carbons (Fsp3) is 0.182. The van der Waals surface area contributed by atoms with Gasteiger partial charge in [0, 0.05) is 24.0 Å². The normalized spacial score (nSPS) is 11.6. The Morgan fingerprint density at radius 2 is 1.94 bits per heavy atom. The molecule has 0 aliphatic rings. The summed E-state index contributed by atoms with van der Waals surface area (Å²) in [6, 6.07) is 2.97. The molecule has 0 aliphatic carbocycles. The third-order valence-electron chi connectivity index (χ3n) is 2.31. The van der Waals surface area contributed by atoms with E-state index in [9.17, 15) is 13.2 Å². The number of hydrogen-bond acceptors (Lipinski definition) is 4. The van der Waals surface area contributed by atoms with Crippen molar-refractivity contribution in [3.63, 3.8) is 0 Å². The SMILES string of the molecule is Cc1ccncc1-c1cc(N)nc(C(F)(F)F)n1. The topological polar surface area (TPSA) is 64.7 Å². The molecule has 4 nitrogen and oxygen atoms in total. The van der Waals surface area contributed by atoms with Crippen LogP contribution in [0, 0.1) is 6.92 Å². The van der Waals surface area contributed by atoms with Gasteiger partial charge in [0.05, 0.1) is 5.69 Å². The first-order valence-electron chi connectivity index (χ1n) is 5.00. The predicted octanol–water partition coefficient (Wildman–Crippen LogP) is 2.45. The van der Waals surface area contributed by atoms with Crippen LogP contribution in [-0.2, 0) is 6.18 Å². The van der Waals surface area contributed by atoms with Crippen molar-refractivity contribution in [3.05, 3.63) is 35.9 Å². The van der Waals surface area contributed by atoms with Crippen LogP contribution >= 0.6 is 0 Å². The van der Waals surface area contributed by atoms with Crippen LogP contribution in [-0.4, -0.2) is 15.0 Å². The average molecular weight is 254 g/mol. The van der Waals surface area contributed by atoms with Crippen LogP contribution < -0.4 is 5.73 Å². The molecule has 0 radical (unpaired) electrons. The molecule has 94 valence electrons. The maximum atomic E-state index is 12.6. The lowest BCUT2D eigenvalue weighted by Crippen LogP contribution is -2.13. The van der Waals surface area contributed by atoms with E-state index in [0.717, 1.165) is 5.56 Å². The van der Waals surface area contributed by atoms with Gasteiger partial charge in [0.2, 0.25) is 5.82 Å². The molecular formula is C11H9F3N4. The predicted molar refractivity (Wildman–Crippen MR) is 59.4 cm³/mol. The zero-order chi connectivity index (χ0) is 13.3. The summed E-state index contributed by atoms with van der Waals surface area (Å²) in [5.74, 6) is -1.48. The van der Waals surface area contributed by atoms with Crippen molar-refractivity contribution >= 4 is 5.82 Å². The molecule has 7 heteroatoms. The van der Waals surface area contributed by atoms with Crippen molar-refractivity contribution in [1.29, 1.82) is 0 Å². The summed E-state index contributed by atoms with van der Waals surface area (Å²) >= 11 is 0. The summed E-state index contributed by atoms with van der Waals surface area (Å²) in [7, 11) is 0. The number of nitrogens with two attached hydrogens (primary N) is 1. The summed E-state index contributed by atoms with van der Waals surface area (Å²) in [6.07, 6.45) is -1.63. The number of alkyl halides is 3. The van der Waals surface area contributed by atoms with Crippen molar-refractivity contribution < 1.29 is 13.2 Å². The minimum absolute atomic E-state index is 0.112. The van der Waals surface area contributed by atoms with E-state index < -0.39 is 12.0 Å². The summed E-state index contributed by atoms with van der Waals surface area (Å²) < 4.78 is 37.7. The van der Waals surface area contributed by atoms with Crippen molar-refractivity contribution in [2.24, 2.45) is 0 Å². The highest BCUT2D eigenvalue weighted by molar-refractivity contribution is 5.64. The number of anilines is 1. The van der Waals surface area contributed by atoms with Gasteiger partial charge in [-0.1, -0.05) is 0 Å². The Kier molecular flexibility index (Phi) is 2.90. The number of hydrogen-bond donors (Lipinski definition) is 1. The molecule has 0 aromatic carbocycles. The molecule has 2 aromatic rings. The van der Waals surface area contributed by atoms with Crippen molar-refractivity contribution in [1.82, 2.24) is 15.0 Å². The second kappa shape index (κ2) is 4.25. The number of nitrogen functional groups attached to an aromatic ring is 1. The van der Waals surface area contributed by atoms with E-state index in [2.05, 4.69) is 15.0 Å². The maximum Gasteiger partial charge on any atom is 0.451 e. The molecule has 0 saturated carbocycles. The van der Waals surface area contributed by atoms with Gasteiger partial charge in [-0.05, 0) is 18.6 Å². The third kappa shape index (κ3) is 2.39. The Labute approximate surface area is 101 Å². The third-order valence-corrected chi connectivity index (χ3v) is 2.31. The van der Waals surface area contributed by atoms with Crippen molar-refractivity contribution in [2.75, 3.05) is 5.73 Å². The number of nitrogens with zero attached hydrogens (tertiary/aromatic N) is 3. The van der Waals surface area contributed by atoms with Crippen LogP contribution in [0.4, 0.5) is 19.0 Å². The van der Waals surface area contributed by atoms with Gasteiger partial charge < -0.3 is 5.73 Å². The molecule has 0 aliphatic heterocycles. The van der Waals surface area contributed by atoms with E-state index >= 15 is 0 Å². The van der Waals surface area contributed by atoms with Crippen LogP contribution in [0.2, 0.25) is 0 Å². The minimum atomic E-state index is -4.62. The smallest absolute Gasteiger partial charge is 0.384 e. The maximum absolute atomic E-state index is 12.6. The molecule has 0 atom stereocenters. The van der Waals surface area contributed by atoms with Gasteiger partial charge in [0.25, 0.3) is 0 Å². The second-order valence-corrected chi connectivity index (χ2v) is 3.69. The first kappa shape index (κ1) is 12.3. The number of aromatic nitrogens is 3. The van der Waals surface area contributed by atoms with E-state index in [-0.39, 0.29) is 11.5 Å². The van der Waals surface area contributed by atoms with E-state index in [1.54, 1.807) is 19.2 Å². The second-order valence-electron chi connectivity index (χ2n) is 3.69. The van der Waals surface area contributed by atoms with Gasteiger partial charge in [-0.25, -0.2) is 9.97 Å². The Balaban J connectivity index is 2.60. The molecule has 2 aromatic heterocycles. The van der Waals surface area contributed by atoms with Gasteiger partial charge in [-0.15, -0.1) is 0 Å². The fourth-order valence-corrected chi connectivity index (χ4v) is 1.46. The van der Waals surface area contributed by atoms with Crippen LogP contribution in [0.3, 0.4) is 0 Å². The molecule has 18 heavy (non-hydrogen) atoms. The van der Waals surface area contributed by atoms with Crippen LogP contribution in [0.1, 0.15) is 11.4 Å². The van der Waals surface area contributed by atoms with Crippen molar-refractivity contribution in [2.45, 2.75) is 13.1 Å². The number of aryl methyl sites for hydroxylation is 1. The highest BCUT2D eigenvalue weighted by Crippen LogP contribution is 2.29. The summed E-state index contributed by atoms with van der Waals surface area (Å²) in [5, 5.41) is 0. The number of halogens is 3. The molecule has 0 bridgehead atoms. The van der Waals surface area contributed by atoms with Crippen molar-refractivity contribution in [3.8, 4) is 11.3 Å². The summed E-state index contributed by atoms with van der Waals surface area (Å²) in [4.78, 5) is 10.5. The molecule has 2 rings (SSSR count). The molecule has 0 saturated heterocycles. The monoisotopic (exact) mass is 254 g/mol. The largest absolute Gasteiger partial charge is 0.451 e. The average Bonchev–Trinajstić information content (AvgIpc) is 2.27. The molecular weight excluding hydrogens is 245 g/mol. The number of pyridine rings is 1. The molecule has 0 unspecified atom stereocenters. The first-order valence-corrected chi connectivity index (χ1v) is 5.00. The van der Waals surface area contributed by atoms with Gasteiger partial charge in [0.15, 0.2) is 0 Å². The van der Waals surface area contributed by atoms with Gasteiger partial charge in [-0.3, -0.25) is 4.98 Å². The zero-order valence-electron chi connectivity index (χ0n) is 9.36. The Morgan fingerprint density at radius 3 is 2.56 bits per heavy atom. The molecule has 0 amide bonds. The lowest BCUT2D eigenvalue weighted by atomic mass is 10.1. The van der Waals surface area contributed by atoms with E-state index in [1.807, 2.05) is 0 Å². The Morgan fingerprint density at radius 1 is 1.22 bits per heavy atom. The fourth-order valence-electron chi connectivity index (χ4n) is 1.46. The zero-order valence-corrected chi connectivity index (χ0v) is 9.36. The van der Waals surface area contributed by atoms with Crippen LogP contribution in [0.5, 0.6) is 0 Å². The lowest BCUT2D eigenvalue weighted by Gasteiger charge is -2.09. The first-order chi connectivity index (χ1) is 8.38. The van der Waals surface area contributed by atoms with Crippen LogP contribution in [0.15, 0.2) is 24.5 Å². The quantitative estimate of drug-likeness (QED) is 0.848.